The quantitative estimate of drug-likeness (QED) is 0.303. The predicted octanol–water partition coefficient (Wildman–Crippen LogP) is 0.573. The van der Waals surface area contributed by atoms with Gasteiger partial charge in [0.1, 0.15) is 4.11 Å². The number of alkyl halides is 1. The Morgan fingerprint density at radius 1 is 0.947 bits per heavy atom. The molecule has 4 atom stereocenters. The molecule has 0 spiro atoms. The summed E-state index contributed by atoms with van der Waals surface area (Å²) in [5, 5.41) is 0. The van der Waals surface area contributed by atoms with Gasteiger partial charge in [-0.2, -0.15) is 0 Å². The van der Waals surface area contributed by atoms with E-state index in [1.807, 2.05) is 22.6 Å². The monoisotopic (exact) mass is 386 g/mol. The fourth-order valence-electron chi connectivity index (χ4n) is 1.70. The Morgan fingerprint density at radius 2 is 1.42 bits per heavy atom. The first-order valence-corrected chi connectivity index (χ1v) is 6.83. The summed E-state index contributed by atoms with van der Waals surface area (Å²) in [6, 6.07) is 0. The summed E-state index contributed by atoms with van der Waals surface area (Å²) >= 11 is 1.93. The van der Waals surface area contributed by atoms with Crippen LogP contribution >= 0.6 is 22.6 Å². The van der Waals surface area contributed by atoms with E-state index in [0.29, 0.717) is 0 Å². The minimum absolute atomic E-state index is 0.0723. The van der Waals surface area contributed by atoms with E-state index >= 15 is 0 Å². The molecule has 0 unspecified atom stereocenters. The second-order valence-electron chi connectivity index (χ2n) is 3.98. The summed E-state index contributed by atoms with van der Waals surface area (Å²) in [5.41, 5.74) is 0. The summed E-state index contributed by atoms with van der Waals surface area (Å²) in [5.74, 6) is -1.61. The first-order valence-electron chi connectivity index (χ1n) is 5.58. The van der Waals surface area contributed by atoms with E-state index < -0.39 is 40.3 Å². The van der Waals surface area contributed by atoms with Crippen molar-refractivity contribution in [2.75, 3.05) is 6.61 Å². The number of rotatable bonds is 3. The van der Waals surface area contributed by atoms with Crippen LogP contribution in [0.3, 0.4) is 0 Å². The molecule has 8 heteroatoms. The SMILES string of the molecule is CC(=O)O[C@@H]1[C@@H](OC(C)=O)[C@@H](I)OC[C@@H]1OC(C)=O. The van der Waals surface area contributed by atoms with Gasteiger partial charge in [0.2, 0.25) is 0 Å². The van der Waals surface area contributed by atoms with Gasteiger partial charge in [0, 0.05) is 20.8 Å². The maximum Gasteiger partial charge on any atom is 0.303 e. The van der Waals surface area contributed by atoms with E-state index in [0.717, 1.165) is 0 Å². The van der Waals surface area contributed by atoms with Gasteiger partial charge in [0.05, 0.1) is 6.61 Å². The molecule has 1 fully saturated rings. The Balaban J connectivity index is 2.89. The molecule has 19 heavy (non-hydrogen) atoms. The summed E-state index contributed by atoms with van der Waals surface area (Å²) in [6.45, 7) is 3.78. The molecule has 1 aliphatic rings. The topological polar surface area (TPSA) is 88.1 Å². The number of carbonyl (C=O) groups is 3. The Labute approximate surface area is 124 Å². The molecule has 0 aromatic carbocycles. The zero-order chi connectivity index (χ0) is 14.6. The minimum Gasteiger partial charge on any atom is -0.456 e. The van der Waals surface area contributed by atoms with E-state index in [2.05, 4.69) is 0 Å². The van der Waals surface area contributed by atoms with Crippen molar-refractivity contribution >= 4 is 40.5 Å². The molecule has 0 radical (unpaired) electrons. The third-order valence-electron chi connectivity index (χ3n) is 2.29. The highest BCUT2D eigenvalue weighted by molar-refractivity contribution is 14.1. The fraction of sp³-hybridized carbons (Fsp3) is 0.727. The molecule has 0 aliphatic carbocycles. The molecular weight excluding hydrogens is 371 g/mol. The lowest BCUT2D eigenvalue weighted by Gasteiger charge is -2.38. The number of ether oxygens (including phenoxy) is 4. The molecule has 1 saturated heterocycles. The molecule has 1 heterocycles. The summed E-state index contributed by atoms with van der Waals surface area (Å²) in [6.07, 6.45) is -2.49. The standard InChI is InChI=1S/C11H15IO7/c1-5(13)17-8-4-16-11(12)10(19-7(3)15)9(8)18-6(2)14/h8-11H,4H2,1-3H3/t8-,9-,10+,11-/m0/s1. The highest BCUT2D eigenvalue weighted by Crippen LogP contribution is 2.27. The van der Waals surface area contributed by atoms with Crippen LogP contribution in [0.1, 0.15) is 20.8 Å². The smallest absolute Gasteiger partial charge is 0.303 e. The largest absolute Gasteiger partial charge is 0.456 e. The summed E-state index contributed by atoms with van der Waals surface area (Å²) in [7, 11) is 0. The number of halogens is 1. The van der Waals surface area contributed by atoms with Gasteiger partial charge in [0.15, 0.2) is 18.3 Å². The number of carbonyl (C=O) groups excluding carboxylic acids is 3. The molecule has 1 aliphatic heterocycles. The van der Waals surface area contributed by atoms with E-state index in [4.69, 9.17) is 18.9 Å². The molecule has 7 nitrogen and oxygen atoms in total. The first-order chi connectivity index (χ1) is 8.81. The van der Waals surface area contributed by atoms with Crippen molar-refractivity contribution < 1.29 is 33.3 Å². The predicted molar refractivity (Wildman–Crippen MR) is 70.4 cm³/mol. The Kier molecular flexibility index (Phi) is 5.98. The lowest BCUT2D eigenvalue weighted by molar-refractivity contribution is -0.211. The third-order valence-corrected chi connectivity index (χ3v) is 3.36. The second-order valence-corrected chi connectivity index (χ2v) is 5.21. The van der Waals surface area contributed by atoms with Crippen LogP contribution in [0.25, 0.3) is 0 Å². The molecular formula is C11H15IO7. The van der Waals surface area contributed by atoms with Crippen molar-refractivity contribution in [2.24, 2.45) is 0 Å². The van der Waals surface area contributed by atoms with Crippen LogP contribution in [-0.4, -0.2) is 46.9 Å². The van der Waals surface area contributed by atoms with Gasteiger partial charge in [-0.25, -0.2) is 0 Å². The van der Waals surface area contributed by atoms with Gasteiger partial charge >= 0.3 is 17.9 Å². The molecule has 0 bridgehead atoms. The molecule has 0 aromatic rings. The highest BCUT2D eigenvalue weighted by atomic mass is 127. The average molecular weight is 386 g/mol. The Morgan fingerprint density at radius 3 is 1.89 bits per heavy atom. The zero-order valence-corrected chi connectivity index (χ0v) is 12.9. The van der Waals surface area contributed by atoms with E-state index in [1.54, 1.807) is 0 Å². The van der Waals surface area contributed by atoms with Crippen molar-refractivity contribution in [3.63, 3.8) is 0 Å². The second kappa shape index (κ2) is 7.04. The van der Waals surface area contributed by atoms with E-state index in [-0.39, 0.29) is 6.61 Å². The zero-order valence-electron chi connectivity index (χ0n) is 10.8. The van der Waals surface area contributed by atoms with Gasteiger partial charge in [-0.1, -0.05) is 0 Å². The summed E-state index contributed by atoms with van der Waals surface area (Å²) < 4.78 is 20.1. The van der Waals surface area contributed by atoms with Crippen molar-refractivity contribution in [1.82, 2.24) is 0 Å². The van der Waals surface area contributed by atoms with Crippen molar-refractivity contribution in [3.8, 4) is 0 Å². The van der Waals surface area contributed by atoms with Crippen LogP contribution in [0.5, 0.6) is 0 Å². The minimum atomic E-state index is -0.874. The number of hydrogen-bond donors (Lipinski definition) is 0. The van der Waals surface area contributed by atoms with Crippen molar-refractivity contribution in [3.05, 3.63) is 0 Å². The third kappa shape index (κ3) is 4.94. The van der Waals surface area contributed by atoms with Gasteiger partial charge in [0.25, 0.3) is 0 Å². The maximum absolute atomic E-state index is 11.1. The van der Waals surface area contributed by atoms with Crippen molar-refractivity contribution in [2.45, 2.75) is 43.2 Å². The van der Waals surface area contributed by atoms with Gasteiger partial charge in [-0.15, -0.1) is 0 Å². The molecule has 108 valence electrons. The maximum atomic E-state index is 11.1. The van der Waals surface area contributed by atoms with Crippen LogP contribution in [0.15, 0.2) is 0 Å². The number of esters is 3. The van der Waals surface area contributed by atoms with Crippen molar-refractivity contribution in [1.29, 1.82) is 0 Å². The normalized spacial score (nSPS) is 30.3. The van der Waals surface area contributed by atoms with E-state index in [1.165, 1.54) is 20.8 Å². The Bertz CT molecular complexity index is 370. The van der Waals surface area contributed by atoms with Crippen LogP contribution in [0, 0.1) is 0 Å². The lowest BCUT2D eigenvalue weighted by Crippen LogP contribution is -2.55. The average Bonchev–Trinajstić information content (AvgIpc) is 2.25. The van der Waals surface area contributed by atoms with Crippen LogP contribution in [0.2, 0.25) is 0 Å². The molecule has 0 N–H and O–H groups in total. The summed E-state index contributed by atoms with van der Waals surface area (Å²) in [4.78, 5) is 33.2. The Hall–Kier alpha value is -0.900. The lowest BCUT2D eigenvalue weighted by atomic mass is 10.1. The van der Waals surface area contributed by atoms with Gasteiger partial charge in [-0.05, 0) is 22.6 Å². The molecule has 1 rings (SSSR count). The van der Waals surface area contributed by atoms with Gasteiger partial charge < -0.3 is 18.9 Å². The molecule has 0 saturated carbocycles. The fourth-order valence-corrected chi connectivity index (χ4v) is 2.46. The van der Waals surface area contributed by atoms with Crippen LogP contribution in [0.4, 0.5) is 0 Å². The van der Waals surface area contributed by atoms with E-state index in [9.17, 15) is 14.4 Å². The highest BCUT2D eigenvalue weighted by Gasteiger charge is 2.45. The molecule has 0 aromatic heterocycles. The van der Waals surface area contributed by atoms with Crippen LogP contribution < -0.4 is 0 Å². The van der Waals surface area contributed by atoms with Crippen LogP contribution in [-0.2, 0) is 33.3 Å². The van der Waals surface area contributed by atoms with Gasteiger partial charge in [-0.3, -0.25) is 14.4 Å². The first kappa shape index (κ1) is 16.2. The molecule has 0 amide bonds. The number of hydrogen-bond acceptors (Lipinski definition) is 7.